The molecule has 1 heterocycles. The van der Waals surface area contributed by atoms with E-state index in [9.17, 15) is 18.3 Å². The lowest BCUT2D eigenvalue weighted by molar-refractivity contribution is 0.0719. The van der Waals surface area contributed by atoms with E-state index >= 15 is 0 Å². The fourth-order valence-corrected chi connectivity index (χ4v) is 4.00. The molecule has 0 saturated heterocycles. The number of aliphatic hydroxyl groups is 1. The van der Waals surface area contributed by atoms with Gasteiger partial charge in [0.05, 0.1) is 18.6 Å². The van der Waals surface area contributed by atoms with E-state index in [1.54, 1.807) is 23.1 Å². The third-order valence-electron chi connectivity index (χ3n) is 4.24. The van der Waals surface area contributed by atoms with Crippen LogP contribution in [0.3, 0.4) is 0 Å². The van der Waals surface area contributed by atoms with Crippen molar-refractivity contribution >= 4 is 21.6 Å². The van der Waals surface area contributed by atoms with Crippen molar-refractivity contribution in [2.24, 2.45) is 0 Å². The molecule has 0 aliphatic carbocycles. The zero-order valence-corrected chi connectivity index (χ0v) is 15.2. The van der Waals surface area contributed by atoms with Gasteiger partial charge in [0.1, 0.15) is 0 Å². The summed E-state index contributed by atoms with van der Waals surface area (Å²) in [6, 6.07) is 5.20. The Labute approximate surface area is 144 Å². The number of hydrogen-bond acceptors (Lipinski definition) is 4. The maximum Gasteiger partial charge on any atom is 0.253 e. The quantitative estimate of drug-likeness (QED) is 0.807. The van der Waals surface area contributed by atoms with E-state index in [0.717, 1.165) is 31.2 Å². The second kappa shape index (κ2) is 7.98. The average Bonchev–Trinajstić information content (AvgIpc) is 2.56. The lowest BCUT2D eigenvalue weighted by atomic mass is 10.00. The Kier molecular flexibility index (Phi) is 6.23. The van der Waals surface area contributed by atoms with Crippen LogP contribution in [0.15, 0.2) is 18.2 Å². The molecule has 0 saturated carbocycles. The van der Waals surface area contributed by atoms with Gasteiger partial charge in [0.25, 0.3) is 5.91 Å². The zero-order chi connectivity index (χ0) is 17.7. The minimum absolute atomic E-state index is 0.0672. The number of anilines is 1. The molecule has 0 fully saturated rings. The monoisotopic (exact) mass is 354 g/mol. The van der Waals surface area contributed by atoms with Gasteiger partial charge in [0.2, 0.25) is 10.0 Å². The molecule has 1 aliphatic heterocycles. The number of rotatable bonds is 7. The molecule has 0 spiro atoms. The van der Waals surface area contributed by atoms with E-state index in [0.29, 0.717) is 30.9 Å². The summed E-state index contributed by atoms with van der Waals surface area (Å²) in [5.74, 6) is -0.114. The van der Waals surface area contributed by atoms with Crippen LogP contribution in [0.1, 0.15) is 42.1 Å². The largest absolute Gasteiger partial charge is 0.395 e. The van der Waals surface area contributed by atoms with Crippen molar-refractivity contribution in [2.45, 2.75) is 32.6 Å². The number of unbranched alkanes of at least 4 members (excludes halogenated alkanes) is 1. The van der Waals surface area contributed by atoms with Gasteiger partial charge in [-0.3, -0.25) is 9.10 Å². The Bertz CT molecular complexity index is 688. The van der Waals surface area contributed by atoms with E-state index in [2.05, 4.69) is 6.92 Å². The number of sulfonamides is 1. The molecular formula is C17H26N2O4S. The Morgan fingerprint density at radius 1 is 1.33 bits per heavy atom. The van der Waals surface area contributed by atoms with Crippen LogP contribution in [0, 0.1) is 0 Å². The number of aliphatic hydroxyl groups excluding tert-OH is 1. The van der Waals surface area contributed by atoms with E-state index < -0.39 is 10.0 Å². The number of benzene rings is 1. The smallest absolute Gasteiger partial charge is 0.253 e. The summed E-state index contributed by atoms with van der Waals surface area (Å²) >= 11 is 0. The summed E-state index contributed by atoms with van der Waals surface area (Å²) in [4.78, 5) is 14.3. The summed E-state index contributed by atoms with van der Waals surface area (Å²) in [6.45, 7) is 3.39. The molecule has 0 atom stereocenters. The second-order valence-electron chi connectivity index (χ2n) is 6.15. The number of nitrogens with zero attached hydrogens (tertiary/aromatic N) is 2. The predicted molar refractivity (Wildman–Crippen MR) is 94.9 cm³/mol. The topological polar surface area (TPSA) is 77.9 Å². The Balaban J connectivity index is 2.28. The second-order valence-corrected chi connectivity index (χ2v) is 8.06. The van der Waals surface area contributed by atoms with Crippen LogP contribution in [0.25, 0.3) is 0 Å². The normalized spacial score (nSPS) is 14.4. The molecule has 1 aromatic carbocycles. The van der Waals surface area contributed by atoms with Crippen LogP contribution < -0.4 is 4.31 Å². The summed E-state index contributed by atoms with van der Waals surface area (Å²) in [5.41, 5.74) is 2.10. The third kappa shape index (κ3) is 4.27. The zero-order valence-electron chi connectivity index (χ0n) is 14.4. The highest BCUT2D eigenvalue weighted by molar-refractivity contribution is 7.92. The number of aryl methyl sites for hydroxylation is 1. The molecule has 134 valence electrons. The van der Waals surface area contributed by atoms with Gasteiger partial charge in [-0.2, -0.15) is 0 Å². The molecule has 0 aromatic heterocycles. The van der Waals surface area contributed by atoms with Crippen LogP contribution in [0.5, 0.6) is 0 Å². The fourth-order valence-electron chi connectivity index (χ4n) is 3.01. The summed E-state index contributed by atoms with van der Waals surface area (Å²) < 4.78 is 25.2. The molecule has 0 unspecified atom stereocenters. The van der Waals surface area contributed by atoms with Gasteiger partial charge in [0, 0.05) is 25.2 Å². The molecule has 1 aliphatic rings. The van der Waals surface area contributed by atoms with Crippen LogP contribution in [0.4, 0.5) is 5.69 Å². The molecular weight excluding hydrogens is 328 g/mol. The van der Waals surface area contributed by atoms with Crippen LogP contribution in [-0.2, 0) is 16.4 Å². The van der Waals surface area contributed by atoms with Gasteiger partial charge in [0.15, 0.2) is 0 Å². The highest BCUT2D eigenvalue weighted by Gasteiger charge is 2.25. The standard InChI is InChI=1S/C17H26N2O4S/c1-3-4-9-18(11-12-20)17(21)15-7-8-16-14(13-15)6-5-10-19(16)24(2,22)23/h7-8,13,20H,3-6,9-12H2,1-2H3. The molecule has 1 aromatic rings. The van der Waals surface area contributed by atoms with E-state index in [1.807, 2.05) is 0 Å². The van der Waals surface area contributed by atoms with Crippen molar-refractivity contribution in [3.05, 3.63) is 29.3 Å². The highest BCUT2D eigenvalue weighted by atomic mass is 32.2. The van der Waals surface area contributed by atoms with Crippen molar-refractivity contribution in [2.75, 3.05) is 36.8 Å². The van der Waals surface area contributed by atoms with Gasteiger partial charge in [-0.1, -0.05) is 13.3 Å². The first-order valence-corrected chi connectivity index (χ1v) is 10.2. The predicted octanol–water partition coefficient (Wildman–Crippen LogP) is 1.63. The average molecular weight is 354 g/mol. The SMILES string of the molecule is CCCCN(CCO)C(=O)c1ccc2c(c1)CCCN2S(C)(=O)=O. The van der Waals surface area contributed by atoms with Gasteiger partial charge in [-0.15, -0.1) is 0 Å². The first-order chi connectivity index (χ1) is 11.4. The van der Waals surface area contributed by atoms with Gasteiger partial charge in [-0.05, 0) is 43.0 Å². The first-order valence-electron chi connectivity index (χ1n) is 8.39. The summed E-state index contributed by atoms with van der Waals surface area (Å²) in [6.07, 6.45) is 4.57. The molecule has 7 heteroatoms. The number of amides is 1. The maximum absolute atomic E-state index is 12.7. The van der Waals surface area contributed by atoms with Crippen molar-refractivity contribution in [3.8, 4) is 0 Å². The number of carbonyl (C=O) groups is 1. The van der Waals surface area contributed by atoms with Crippen LogP contribution in [0.2, 0.25) is 0 Å². The Hall–Kier alpha value is -1.60. The van der Waals surface area contributed by atoms with Crippen molar-refractivity contribution in [1.82, 2.24) is 4.90 Å². The van der Waals surface area contributed by atoms with Crippen LogP contribution in [-0.4, -0.2) is 56.8 Å². The molecule has 0 bridgehead atoms. The molecule has 1 N–H and O–H groups in total. The minimum Gasteiger partial charge on any atom is -0.395 e. The summed E-state index contributed by atoms with van der Waals surface area (Å²) in [5, 5.41) is 9.18. The van der Waals surface area contributed by atoms with E-state index in [1.165, 1.54) is 10.6 Å². The van der Waals surface area contributed by atoms with Crippen molar-refractivity contribution in [1.29, 1.82) is 0 Å². The molecule has 1 amide bonds. The highest BCUT2D eigenvalue weighted by Crippen LogP contribution is 2.30. The van der Waals surface area contributed by atoms with Gasteiger partial charge >= 0.3 is 0 Å². The molecule has 6 nitrogen and oxygen atoms in total. The molecule has 24 heavy (non-hydrogen) atoms. The Morgan fingerprint density at radius 3 is 2.71 bits per heavy atom. The lowest BCUT2D eigenvalue weighted by Crippen LogP contribution is -2.36. The van der Waals surface area contributed by atoms with Gasteiger partial charge < -0.3 is 10.0 Å². The molecule has 0 radical (unpaired) electrons. The third-order valence-corrected chi connectivity index (χ3v) is 5.42. The lowest BCUT2D eigenvalue weighted by Gasteiger charge is -2.30. The van der Waals surface area contributed by atoms with Gasteiger partial charge in [-0.25, -0.2) is 8.42 Å². The minimum atomic E-state index is -3.30. The number of fused-ring (bicyclic) bond motifs is 1. The molecule has 2 rings (SSSR count). The van der Waals surface area contributed by atoms with E-state index in [-0.39, 0.29) is 12.5 Å². The number of hydrogen-bond donors (Lipinski definition) is 1. The van der Waals surface area contributed by atoms with Crippen molar-refractivity contribution in [3.63, 3.8) is 0 Å². The van der Waals surface area contributed by atoms with Crippen LogP contribution >= 0.6 is 0 Å². The number of carbonyl (C=O) groups excluding carboxylic acids is 1. The Morgan fingerprint density at radius 2 is 2.08 bits per heavy atom. The van der Waals surface area contributed by atoms with Crippen molar-refractivity contribution < 1.29 is 18.3 Å². The maximum atomic E-state index is 12.7. The van der Waals surface area contributed by atoms with E-state index in [4.69, 9.17) is 0 Å². The first kappa shape index (κ1) is 18.7. The fraction of sp³-hybridized carbons (Fsp3) is 0.588. The summed E-state index contributed by atoms with van der Waals surface area (Å²) in [7, 11) is -3.30.